The zero-order valence-corrected chi connectivity index (χ0v) is 9.30. The standard InChI is InChI=1S/C11H21BO3/c1-10(2)11(3,4)15-12(14-10)9-5-7-13-8-6-9/h9H,5-8H2,1-4H3/i5D2,6D2,7D2,8D2,9D. The molecule has 15 heavy (non-hydrogen) atoms. The molecule has 4 heteroatoms. The average Bonchev–Trinajstić information content (AvgIpc) is 2.54. The zero-order chi connectivity index (χ0) is 19.2. The monoisotopic (exact) mass is 221 g/mol. The summed E-state index contributed by atoms with van der Waals surface area (Å²) in [4.78, 5) is 0. The lowest BCUT2D eigenvalue weighted by Gasteiger charge is -2.32. The largest absolute Gasteiger partial charge is 0.461 e. The first-order valence-corrected chi connectivity index (χ1v) is 4.83. The fourth-order valence-corrected chi connectivity index (χ4v) is 1.30. The van der Waals surface area contributed by atoms with E-state index in [1.165, 1.54) is 0 Å². The second-order valence-electron chi connectivity index (χ2n) is 4.56. The van der Waals surface area contributed by atoms with Crippen LogP contribution in [0.1, 0.15) is 52.8 Å². The SMILES string of the molecule is [2H]C1([2H])OC([2H])([2H])C([2H])([2H])C([2H])(B2OC(C)(C)C(C)(C)O2)C1([2H])[2H]. The molecule has 0 aromatic heterocycles. The van der Waals surface area contributed by atoms with E-state index in [1.54, 1.807) is 27.7 Å². The van der Waals surface area contributed by atoms with Crippen LogP contribution in [-0.4, -0.2) is 31.4 Å². The predicted molar refractivity (Wildman–Crippen MR) is 59.9 cm³/mol. The highest BCUT2D eigenvalue weighted by Crippen LogP contribution is 2.42. The van der Waals surface area contributed by atoms with Crippen LogP contribution in [0.15, 0.2) is 0 Å². The van der Waals surface area contributed by atoms with Crippen LogP contribution < -0.4 is 0 Å². The van der Waals surface area contributed by atoms with E-state index in [9.17, 15) is 0 Å². The van der Waals surface area contributed by atoms with Gasteiger partial charge in [-0.1, -0.05) is 0 Å². The van der Waals surface area contributed by atoms with Crippen LogP contribution in [0.3, 0.4) is 0 Å². The smallest absolute Gasteiger partial charge is 0.403 e. The van der Waals surface area contributed by atoms with E-state index in [2.05, 4.69) is 4.74 Å². The van der Waals surface area contributed by atoms with Gasteiger partial charge in [-0.3, -0.25) is 0 Å². The number of hydrogen-bond acceptors (Lipinski definition) is 3. The zero-order valence-electron chi connectivity index (χ0n) is 18.3. The number of ether oxygens (including phenoxy) is 1. The molecule has 2 heterocycles. The molecule has 0 saturated carbocycles. The fourth-order valence-electron chi connectivity index (χ4n) is 1.30. The predicted octanol–water partition coefficient (Wildman–Crippen LogP) is 2.26. The third kappa shape index (κ3) is 2.08. The third-order valence-electron chi connectivity index (χ3n) is 2.96. The van der Waals surface area contributed by atoms with Gasteiger partial charge in [-0.05, 0) is 46.2 Å². The molecule has 2 rings (SSSR count). The topological polar surface area (TPSA) is 27.7 Å². The molecule has 2 aliphatic heterocycles. The van der Waals surface area contributed by atoms with Crippen molar-refractivity contribution in [2.45, 2.75) is 57.4 Å². The van der Waals surface area contributed by atoms with Gasteiger partial charge in [-0.15, -0.1) is 0 Å². The van der Waals surface area contributed by atoms with E-state index in [0.717, 1.165) is 0 Å². The van der Waals surface area contributed by atoms with Gasteiger partial charge in [0.2, 0.25) is 0 Å². The summed E-state index contributed by atoms with van der Waals surface area (Å²) in [6.07, 6.45) is -6.54. The highest BCUT2D eigenvalue weighted by atomic mass is 16.7. The number of rotatable bonds is 1. The Morgan fingerprint density at radius 3 is 2.07 bits per heavy atom. The molecule has 2 saturated heterocycles. The van der Waals surface area contributed by atoms with Gasteiger partial charge in [-0.2, -0.15) is 0 Å². The van der Waals surface area contributed by atoms with Crippen molar-refractivity contribution in [1.82, 2.24) is 0 Å². The molecule has 0 bridgehead atoms. The van der Waals surface area contributed by atoms with Gasteiger partial charge in [0, 0.05) is 20.0 Å². The van der Waals surface area contributed by atoms with Gasteiger partial charge >= 0.3 is 7.12 Å². The summed E-state index contributed by atoms with van der Waals surface area (Å²) >= 11 is 0. The first-order chi connectivity index (χ1) is 10.3. The summed E-state index contributed by atoms with van der Waals surface area (Å²) in [5.74, 6) is -3.07. The van der Waals surface area contributed by atoms with Crippen molar-refractivity contribution >= 4 is 7.12 Å². The highest BCUT2D eigenvalue weighted by Gasteiger charge is 2.53. The Labute approximate surface area is 105 Å². The Hall–Kier alpha value is -0.0551. The molecule has 0 N–H and O–H groups in total. The lowest BCUT2D eigenvalue weighted by atomic mass is 9.68. The molecule has 0 amide bonds. The quantitative estimate of drug-likeness (QED) is 0.635. The molecule has 3 nitrogen and oxygen atoms in total. The van der Waals surface area contributed by atoms with Crippen molar-refractivity contribution < 1.29 is 26.4 Å². The molecule has 2 aliphatic rings. The Morgan fingerprint density at radius 1 is 1.13 bits per heavy atom. The minimum atomic E-state index is -3.27. The molecule has 2 fully saturated rings. The van der Waals surface area contributed by atoms with E-state index in [4.69, 9.17) is 21.6 Å². The van der Waals surface area contributed by atoms with E-state index in [1.807, 2.05) is 0 Å². The molecule has 0 atom stereocenters. The maximum absolute atomic E-state index is 8.53. The van der Waals surface area contributed by atoms with Gasteiger partial charge < -0.3 is 14.0 Å². The Balaban J connectivity index is 2.67. The van der Waals surface area contributed by atoms with Crippen molar-refractivity contribution in [2.75, 3.05) is 13.1 Å². The first-order valence-electron chi connectivity index (χ1n) is 9.33. The molecule has 0 spiro atoms. The molecule has 0 aliphatic carbocycles. The van der Waals surface area contributed by atoms with Gasteiger partial charge in [0.1, 0.15) is 0 Å². The lowest BCUT2D eigenvalue weighted by Crippen LogP contribution is -2.41. The van der Waals surface area contributed by atoms with Gasteiger partial charge in [0.05, 0.1) is 16.7 Å². The summed E-state index contributed by atoms with van der Waals surface area (Å²) in [7, 11) is -1.85. The van der Waals surface area contributed by atoms with Crippen LogP contribution >= 0.6 is 0 Å². The second-order valence-corrected chi connectivity index (χ2v) is 4.56. The second kappa shape index (κ2) is 3.76. The minimum absolute atomic E-state index is 1.03. The van der Waals surface area contributed by atoms with E-state index < -0.39 is 50.0 Å². The molecule has 0 aromatic carbocycles. The third-order valence-corrected chi connectivity index (χ3v) is 2.96. The summed E-state index contributed by atoms with van der Waals surface area (Å²) in [5.41, 5.74) is -2.06. The van der Waals surface area contributed by atoms with Crippen molar-refractivity contribution in [3.63, 3.8) is 0 Å². The van der Waals surface area contributed by atoms with Gasteiger partial charge in [-0.25, -0.2) is 0 Å². The number of hydrogen-bond donors (Lipinski definition) is 0. The maximum Gasteiger partial charge on any atom is 0.461 e. The van der Waals surface area contributed by atoms with E-state index >= 15 is 0 Å². The van der Waals surface area contributed by atoms with E-state index in [0.29, 0.717) is 0 Å². The van der Waals surface area contributed by atoms with Crippen LogP contribution in [0.25, 0.3) is 0 Å². The van der Waals surface area contributed by atoms with Crippen LogP contribution in [0.5, 0.6) is 0 Å². The van der Waals surface area contributed by atoms with Crippen LogP contribution in [0.4, 0.5) is 0 Å². The maximum atomic E-state index is 8.53. The van der Waals surface area contributed by atoms with Gasteiger partial charge in [0.15, 0.2) is 0 Å². The average molecular weight is 221 g/mol. The summed E-state index contributed by atoms with van der Waals surface area (Å²) < 4.78 is 87.2. The van der Waals surface area contributed by atoms with E-state index in [-0.39, 0.29) is 0 Å². The molecule has 0 unspecified atom stereocenters. The summed E-state index contributed by atoms with van der Waals surface area (Å²) in [6.45, 7) is -0.0800. The van der Waals surface area contributed by atoms with Crippen molar-refractivity contribution in [3.05, 3.63) is 0 Å². The molecule has 0 aromatic rings. The fraction of sp³-hybridized carbons (Fsp3) is 1.00. The first kappa shape index (κ1) is 4.67. The Kier molecular flexibility index (Phi) is 1.17. The molecule has 86 valence electrons. The molecule has 0 radical (unpaired) electrons. The lowest BCUT2D eigenvalue weighted by molar-refractivity contribution is 0.00578. The van der Waals surface area contributed by atoms with Crippen molar-refractivity contribution in [3.8, 4) is 0 Å². The normalized spacial score (nSPS) is 55.2. The summed E-state index contributed by atoms with van der Waals surface area (Å²) in [5, 5.41) is 0. The van der Waals surface area contributed by atoms with Crippen LogP contribution in [0.2, 0.25) is 5.79 Å². The van der Waals surface area contributed by atoms with Gasteiger partial charge in [0.25, 0.3) is 0 Å². The molecular formula is C11H21BO3. The minimum Gasteiger partial charge on any atom is -0.403 e. The summed E-state index contributed by atoms with van der Waals surface area (Å²) in [6, 6.07) is 0. The Morgan fingerprint density at radius 2 is 1.60 bits per heavy atom. The van der Waals surface area contributed by atoms with Crippen LogP contribution in [-0.2, 0) is 14.0 Å². The highest BCUT2D eigenvalue weighted by molar-refractivity contribution is 6.47. The van der Waals surface area contributed by atoms with Crippen molar-refractivity contribution in [2.24, 2.45) is 0 Å². The molecular weight excluding hydrogens is 191 g/mol. The van der Waals surface area contributed by atoms with Crippen LogP contribution in [0, 0.1) is 0 Å². The van der Waals surface area contributed by atoms with Crippen molar-refractivity contribution in [1.29, 1.82) is 0 Å². The Bertz CT molecular complexity index is 507.